The largest absolute Gasteiger partial charge is 0.289 e. The van der Waals surface area contributed by atoms with Gasteiger partial charge in [0.05, 0.1) is 11.9 Å². The molecule has 1 aromatic carbocycles. The van der Waals surface area contributed by atoms with Crippen LogP contribution in [0.2, 0.25) is 0 Å². The van der Waals surface area contributed by atoms with E-state index in [1.165, 1.54) is 6.21 Å². The third-order valence-electron chi connectivity index (χ3n) is 3.35. The molecule has 0 saturated heterocycles. The van der Waals surface area contributed by atoms with Crippen molar-refractivity contribution in [2.45, 2.75) is 6.92 Å². The maximum Gasteiger partial charge on any atom is 0.289 e. The molecular formula is C17H15N5O. The summed E-state index contributed by atoms with van der Waals surface area (Å²) in [6.07, 6.45) is 4.87. The maximum absolute atomic E-state index is 12.2. The molecule has 2 N–H and O–H groups in total. The highest BCUT2D eigenvalue weighted by molar-refractivity contribution is 5.95. The molecule has 0 aliphatic heterocycles. The molecule has 0 radical (unpaired) electrons. The van der Waals surface area contributed by atoms with E-state index in [2.05, 4.69) is 25.7 Å². The Morgan fingerprint density at radius 1 is 1.22 bits per heavy atom. The molecule has 0 aliphatic rings. The lowest BCUT2D eigenvalue weighted by Crippen LogP contribution is -2.19. The van der Waals surface area contributed by atoms with Gasteiger partial charge in [-0.3, -0.25) is 14.9 Å². The first-order valence-electron chi connectivity index (χ1n) is 7.09. The zero-order chi connectivity index (χ0) is 16.1. The Bertz CT molecular complexity index is 825. The number of amides is 1. The van der Waals surface area contributed by atoms with Gasteiger partial charge in [-0.1, -0.05) is 36.4 Å². The van der Waals surface area contributed by atoms with E-state index in [4.69, 9.17) is 0 Å². The van der Waals surface area contributed by atoms with Gasteiger partial charge in [-0.25, -0.2) is 5.43 Å². The third-order valence-corrected chi connectivity index (χ3v) is 3.35. The summed E-state index contributed by atoms with van der Waals surface area (Å²) in [5.41, 5.74) is 6.18. The fourth-order valence-corrected chi connectivity index (χ4v) is 2.17. The van der Waals surface area contributed by atoms with Gasteiger partial charge in [0.2, 0.25) is 0 Å². The standard InChI is InChI=1S/C17H15N5O/c1-12-15(14-7-3-2-4-8-14)20-21-16(12)17(23)22-19-11-13-6-5-9-18-10-13/h2-11H,1H3,(H,20,21)(H,22,23). The van der Waals surface area contributed by atoms with Gasteiger partial charge in [-0.15, -0.1) is 0 Å². The number of benzene rings is 1. The summed E-state index contributed by atoms with van der Waals surface area (Å²) < 4.78 is 0. The quantitative estimate of drug-likeness (QED) is 0.574. The van der Waals surface area contributed by atoms with Crippen LogP contribution in [0, 0.1) is 6.92 Å². The monoisotopic (exact) mass is 305 g/mol. The first kappa shape index (κ1) is 14.6. The van der Waals surface area contributed by atoms with Gasteiger partial charge in [0, 0.05) is 29.1 Å². The van der Waals surface area contributed by atoms with Gasteiger partial charge in [-0.05, 0) is 13.0 Å². The highest BCUT2D eigenvalue weighted by atomic mass is 16.2. The molecule has 6 nitrogen and oxygen atoms in total. The summed E-state index contributed by atoms with van der Waals surface area (Å²) in [5.74, 6) is -0.336. The predicted molar refractivity (Wildman–Crippen MR) is 88.1 cm³/mol. The molecule has 6 heteroatoms. The number of hydrogen-bond donors (Lipinski definition) is 2. The second-order valence-corrected chi connectivity index (χ2v) is 4.92. The summed E-state index contributed by atoms with van der Waals surface area (Å²) in [7, 11) is 0. The van der Waals surface area contributed by atoms with Crippen molar-refractivity contribution >= 4 is 12.1 Å². The lowest BCUT2D eigenvalue weighted by atomic mass is 10.1. The predicted octanol–water partition coefficient (Wildman–Crippen LogP) is 2.54. The minimum atomic E-state index is -0.336. The van der Waals surface area contributed by atoms with Crippen LogP contribution in [0.25, 0.3) is 11.3 Å². The van der Waals surface area contributed by atoms with E-state index < -0.39 is 0 Å². The van der Waals surface area contributed by atoms with E-state index in [1.807, 2.05) is 43.3 Å². The smallest absolute Gasteiger partial charge is 0.272 e. The second kappa shape index (κ2) is 6.65. The Morgan fingerprint density at radius 2 is 2.04 bits per heavy atom. The van der Waals surface area contributed by atoms with Crippen molar-refractivity contribution < 1.29 is 4.79 Å². The Labute approximate surface area is 133 Å². The van der Waals surface area contributed by atoms with Crippen molar-refractivity contribution in [3.8, 4) is 11.3 Å². The molecule has 2 heterocycles. The van der Waals surface area contributed by atoms with Gasteiger partial charge in [0.1, 0.15) is 5.69 Å². The van der Waals surface area contributed by atoms with E-state index in [1.54, 1.807) is 18.5 Å². The van der Waals surface area contributed by atoms with Gasteiger partial charge in [0.15, 0.2) is 0 Å². The molecule has 23 heavy (non-hydrogen) atoms. The minimum Gasteiger partial charge on any atom is -0.272 e. The molecule has 0 fully saturated rings. The molecule has 0 aliphatic carbocycles. The van der Waals surface area contributed by atoms with Crippen LogP contribution in [0.1, 0.15) is 21.6 Å². The zero-order valence-corrected chi connectivity index (χ0v) is 12.5. The minimum absolute atomic E-state index is 0.336. The third kappa shape index (κ3) is 3.32. The van der Waals surface area contributed by atoms with Crippen LogP contribution >= 0.6 is 0 Å². The number of carbonyl (C=O) groups excluding carboxylic acids is 1. The summed E-state index contributed by atoms with van der Waals surface area (Å²) in [5, 5.41) is 10.9. The SMILES string of the molecule is Cc1c(-c2ccccc2)n[nH]c1C(=O)NN=Cc1cccnc1. The number of aromatic amines is 1. The molecular weight excluding hydrogens is 290 g/mol. The van der Waals surface area contributed by atoms with E-state index in [0.29, 0.717) is 5.69 Å². The summed E-state index contributed by atoms with van der Waals surface area (Å²) in [4.78, 5) is 16.2. The Balaban J connectivity index is 1.74. The average molecular weight is 305 g/mol. The van der Waals surface area contributed by atoms with Crippen molar-refractivity contribution in [2.24, 2.45) is 5.10 Å². The summed E-state index contributed by atoms with van der Waals surface area (Å²) >= 11 is 0. The highest BCUT2D eigenvalue weighted by Crippen LogP contribution is 2.22. The molecule has 1 amide bonds. The fourth-order valence-electron chi connectivity index (χ4n) is 2.17. The van der Waals surface area contributed by atoms with Crippen LogP contribution < -0.4 is 5.43 Å². The Morgan fingerprint density at radius 3 is 2.78 bits per heavy atom. The van der Waals surface area contributed by atoms with Crippen LogP contribution in [0.4, 0.5) is 0 Å². The van der Waals surface area contributed by atoms with E-state index in [9.17, 15) is 4.79 Å². The summed E-state index contributed by atoms with van der Waals surface area (Å²) in [6, 6.07) is 13.3. The summed E-state index contributed by atoms with van der Waals surface area (Å²) in [6.45, 7) is 1.85. The molecule has 0 spiro atoms. The van der Waals surface area contributed by atoms with Crippen LogP contribution in [0.15, 0.2) is 60.0 Å². The van der Waals surface area contributed by atoms with Crippen LogP contribution in [-0.4, -0.2) is 27.3 Å². The highest BCUT2D eigenvalue weighted by Gasteiger charge is 2.16. The maximum atomic E-state index is 12.2. The number of nitrogens with zero attached hydrogens (tertiary/aromatic N) is 3. The van der Waals surface area contributed by atoms with Crippen LogP contribution in [-0.2, 0) is 0 Å². The molecule has 114 valence electrons. The lowest BCUT2D eigenvalue weighted by molar-refractivity contribution is 0.0949. The van der Waals surface area contributed by atoms with Gasteiger partial charge in [-0.2, -0.15) is 10.2 Å². The Kier molecular flexibility index (Phi) is 4.24. The number of hydrogen-bond acceptors (Lipinski definition) is 4. The lowest BCUT2D eigenvalue weighted by Gasteiger charge is -2.00. The topological polar surface area (TPSA) is 83.0 Å². The number of carbonyl (C=O) groups is 1. The number of pyridine rings is 1. The molecule has 0 bridgehead atoms. The van der Waals surface area contributed by atoms with Crippen LogP contribution in [0.3, 0.4) is 0 Å². The fraction of sp³-hybridized carbons (Fsp3) is 0.0588. The number of H-pyrrole nitrogens is 1. The molecule has 0 atom stereocenters. The van der Waals surface area contributed by atoms with Crippen molar-refractivity contribution in [1.82, 2.24) is 20.6 Å². The van der Waals surface area contributed by atoms with Crippen molar-refractivity contribution in [3.05, 3.63) is 71.7 Å². The zero-order valence-electron chi connectivity index (χ0n) is 12.5. The van der Waals surface area contributed by atoms with E-state index in [-0.39, 0.29) is 5.91 Å². The number of hydrazone groups is 1. The van der Waals surface area contributed by atoms with Crippen molar-refractivity contribution in [3.63, 3.8) is 0 Å². The Hall–Kier alpha value is -3.28. The molecule has 0 saturated carbocycles. The number of rotatable bonds is 4. The van der Waals surface area contributed by atoms with Gasteiger partial charge < -0.3 is 0 Å². The van der Waals surface area contributed by atoms with Crippen molar-refractivity contribution in [1.29, 1.82) is 0 Å². The van der Waals surface area contributed by atoms with Crippen LogP contribution in [0.5, 0.6) is 0 Å². The van der Waals surface area contributed by atoms with E-state index >= 15 is 0 Å². The first-order chi connectivity index (χ1) is 11.3. The number of aromatic nitrogens is 3. The first-order valence-corrected chi connectivity index (χ1v) is 7.09. The average Bonchev–Trinajstić information content (AvgIpc) is 2.98. The molecule has 3 aromatic rings. The molecule has 0 unspecified atom stereocenters. The van der Waals surface area contributed by atoms with Gasteiger partial charge >= 0.3 is 0 Å². The molecule has 3 rings (SSSR count). The second-order valence-electron chi connectivity index (χ2n) is 4.92. The number of nitrogens with one attached hydrogen (secondary N) is 2. The molecule has 2 aromatic heterocycles. The van der Waals surface area contributed by atoms with Gasteiger partial charge in [0.25, 0.3) is 5.91 Å². The normalized spacial score (nSPS) is 10.8. The van der Waals surface area contributed by atoms with Crippen molar-refractivity contribution in [2.75, 3.05) is 0 Å². The van der Waals surface area contributed by atoms with E-state index in [0.717, 1.165) is 22.4 Å².